The molecule has 2 heteroatoms. The van der Waals surface area contributed by atoms with Crippen LogP contribution in [0.4, 0.5) is 0 Å². The van der Waals surface area contributed by atoms with Crippen LogP contribution in [0.1, 0.15) is 54.2 Å². The van der Waals surface area contributed by atoms with Gasteiger partial charge in [0.2, 0.25) is 0 Å². The van der Waals surface area contributed by atoms with Crippen molar-refractivity contribution in [1.29, 1.82) is 10.5 Å². The molecule has 1 aromatic carbocycles. The zero-order chi connectivity index (χ0) is 13.4. The first-order chi connectivity index (χ1) is 7.75. The second kappa shape index (κ2) is 4.22. The molecule has 0 saturated carbocycles. The molecule has 0 aliphatic rings. The Morgan fingerprint density at radius 3 is 1.35 bits per heavy atom. The Bertz CT molecular complexity index is 505. The summed E-state index contributed by atoms with van der Waals surface area (Å²) in [6.07, 6.45) is 0. The van der Waals surface area contributed by atoms with E-state index in [1.807, 2.05) is 41.5 Å². The predicted octanol–water partition coefficient (Wildman–Crippen LogP) is 3.65. The van der Waals surface area contributed by atoms with E-state index in [-0.39, 0.29) is 5.41 Å². The van der Waals surface area contributed by atoms with Crippen LogP contribution >= 0.6 is 0 Å². The number of benzene rings is 1. The van der Waals surface area contributed by atoms with Crippen molar-refractivity contribution >= 4 is 0 Å². The third-order valence-electron chi connectivity index (χ3n) is 3.35. The van der Waals surface area contributed by atoms with E-state index in [0.717, 1.165) is 22.3 Å². The van der Waals surface area contributed by atoms with Crippen LogP contribution in [0.5, 0.6) is 0 Å². The molecule has 1 aromatic rings. The molecule has 88 valence electrons. The van der Waals surface area contributed by atoms with E-state index in [1.165, 1.54) is 0 Å². The number of nitrogens with zero attached hydrogens (tertiary/aromatic N) is 2. The van der Waals surface area contributed by atoms with Crippen molar-refractivity contribution in [3.63, 3.8) is 0 Å². The van der Waals surface area contributed by atoms with Crippen molar-refractivity contribution in [3.05, 3.63) is 33.4 Å². The fraction of sp³-hybridized carbons (Fsp3) is 0.467. The van der Waals surface area contributed by atoms with Gasteiger partial charge in [0.05, 0.1) is 23.3 Å². The third kappa shape index (κ3) is 2.04. The van der Waals surface area contributed by atoms with E-state index in [2.05, 4.69) is 12.1 Å². The number of hydrogen-bond donors (Lipinski definition) is 0. The molecule has 1 rings (SSSR count). The first-order valence-corrected chi connectivity index (χ1v) is 5.70. The molecule has 0 saturated heterocycles. The van der Waals surface area contributed by atoms with E-state index >= 15 is 0 Å². The molecule has 0 heterocycles. The first-order valence-electron chi connectivity index (χ1n) is 5.70. The highest BCUT2D eigenvalue weighted by Crippen LogP contribution is 2.34. The topological polar surface area (TPSA) is 47.6 Å². The molecule has 2 nitrogen and oxygen atoms in total. The second-order valence-corrected chi connectivity index (χ2v) is 5.47. The molecule has 0 unspecified atom stereocenters. The van der Waals surface area contributed by atoms with Crippen molar-refractivity contribution in [2.24, 2.45) is 0 Å². The summed E-state index contributed by atoms with van der Waals surface area (Å²) in [5.74, 6) is 0. The minimum atomic E-state index is -0.195. The van der Waals surface area contributed by atoms with E-state index in [0.29, 0.717) is 11.1 Å². The minimum Gasteiger partial charge on any atom is -0.192 e. The number of nitriles is 2. The second-order valence-electron chi connectivity index (χ2n) is 5.47. The zero-order valence-electron chi connectivity index (χ0n) is 11.4. The summed E-state index contributed by atoms with van der Waals surface area (Å²) in [6.45, 7) is 12.0. The quantitative estimate of drug-likeness (QED) is 0.677. The van der Waals surface area contributed by atoms with Crippen LogP contribution in [0.25, 0.3) is 0 Å². The van der Waals surface area contributed by atoms with Gasteiger partial charge in [0.25, 0.3) is 0 Å². The summed E-state index contributed by atoms with van der Waals surface area (Å²) in [4.78, 5) is 0. The Morgan fingerprint density at radius 1 is 0.765 bits per heavy atom. The lowest BCUT2D eigenvalue weighted by molar-refractivity contribution is 0.585. The maximum Gasteiger partial charge on any atom is 0.0998 e. The molecule has 0 aliphatic heterocycles. The van der Waals surface area contributed by atoms with Gasteiger partial charge in [-0.05, 0) is 48.4 Å². The lowest BCUT2D eigenvalue weighted by atomic mass is 9.77. The number of rotatable bonds is 0. The highest BCUT2D eigenvalue weighted by atomic mass is 14.3. The van der Waals surface area contributed by atoms with Crippen molar-refractivity contribution in [2.45, 2.75) is 47.0 Å². The van der Waals surface area contributed by atoms with Crippen molar-refractivity contribution in [2.75, 3.05) is 0 Å². The molecule has 0 aromatic heterocycles. The molecular formula is C15H18N2. The van der Waals surface area contributed by atoms with Gasteiger partial charge >= 0.3 is 0 Å². The van der Waals surface area contributed by atoms with Crippen molar-refractivity contribution in [1.82, 2.24) is 0 Å². The highest BCUT2D eigenvalue weighted by molar-refractivity contribution is 5.61. The monoisotopic (exact) mass is 226 g/mol. The summed E-state index contributed by atoms with van der Waals surface area (Å²) in [5.41, 5.74) is 5.05. The Labute approximate surface area is 104 Å². The van der Waals surface area contributed by atoms with Crippen molar-refractivity contribution < 1.29 is 0 Å². The molecule has 0 spiro atoms. The van der Waals surface area contributed by atoms with Crippen LogP contribution in [-0.4, -0.2) is 0 Å². The van der Waals surface area contributed by atoms with Crippen LogP contribution < -0.4 is 0 Å². The van der Waals surface area contributed by atoms with Crippen molar-refractivity contribution in [3.8, 4) is 12.1 Å². The molecule has 0 fully saturated rings. The molecular weight excluding hydrogens is 208 g/mol. The molecule has 17 heavy (non-hydrogen) atoms. The largest absolute Gasteiger partial charge is 0.192 e. The molecule has 0 atom stereocenters. The van der Waals surface area contributed by atoms with Gasteiger partial charge < -0.3 is 0 Å². The van der Waals surface area contributed by atoms with Crippen LogP contribution in [0.3, 0.4) is 0 Å². The van der Waals surface area contributed by atoms with Gasteiger partial charge in [-0.3, -0.25) is 0 Å². The van der Waals surface area contributed by atoms with Gasteiger partial charge in [-0.25, -0.2) is 0 Å². The van der Waals surface area contributed by atoms with Gasteiger partial charge in [0.1, 0.15) is 0 Å². The zero-order valence-corrected chi connectivity index (χ0v) is 11.4. The molecule has 0 radical (unpaired) electrons. The Kier molecular flexibility index (Phi) is 3.30. The molecule has 0 N–H and O–H groups in total. The van der Waals surface area contributed by atoms with Gasteiger partial charge in [-0.15, -0.1) is 0 Å². The average molecular weight is 226 g/mol. The molecule has 0 bridgehead atoms. The lowest BCUT2D eigenvalue weighted by Crippen LogP contribution is -2.18. The first kappa shape index (κ1) is 13.3. The summed E-state index contributed by atoms with van der Waals surface area (Å²) >= 11 is 0. The SMILES string of the molecule is Cc1c(C)c(C#N)c(C(C)(C)C)c(C#N)c1C. The maximum absolute atomic E-state index is 9.34. The summed E-state index contributed by atoms with van der Waals surface area (Å²) in [5, 5.41) is 18.7. The van der Waals surface area contributed by atoms with E-state index in [9.17, 15) is 10.5 Å². The van der Waals surface area contributed by atoms with E-state index < -0.39 is 0 Å². The van der Waals surface area contributed by atoms with Crippen LogP contribution in [0.15, 0.2) is 0 Å². The van der Waals surface area contributed by atoms with E-state index in [1.54, 1.807) is 0 Å². The fourth-order valence-corrected chi connectivity index (χ4v) is 2.19. The van der Waals surface area contributed by atoms with Gasteiger partial charge in [0, 0.05) is 0 Å². The third-order valence-corrected chi connectivity index (χ3v) is 3.35. The maximum atomic E-state index is 9.34. The smallest absolute Gasteiger partial charge is 0.0998 e. The summed E-state index contributed by atoms with van der Waals surface area (Å²) in [6, 6.07) is 4.52. The summed E-state index contributed by atoms with van der Waals surface area (Å²) in [7, 11) is 0. The van der Waals surface area contributed by atoms with Gasteiger partial charge in [0.15, 0.2) is 0 Å². The average Bonchev–Trinajstić information content (AvgIpc) is 2.24. The van der Waals surface area contributed by atoms with Crippen LogP contribution in [-0.2, 0) is 5.41 Å². The lowest BCUT2D eigenvalue weighted by Gasteiger charge is -2.25. The van der Waals surface area contributed by atoms with Crippen LogP contribution in [0, 0.1) is 43.4 Å². The molecule has 0 aliphatic carbocycles. The fourth-order valence-electron chi connectivity index (χ4n) is 2.19. The standard InChI is InChI=1S/C15H18N2/c1-9-10(2)12(7-16)14(15(4,5)6)13(8-17)11(9)3/h1-6H3. The number of hydrogen-bond acceptors (Lipinski definition) is 2. The van der Waals surface area contributed by atoms with Gasteiger partial charge in [-0.2, -0.15) is 10.5 Å². The Balaban J connectivity index is 3.94. The summed E-state index contributed by atoms with van der Waals surface area (Å²) < 4.78 is 0. The van der Waals surface area contributed by atoms with Crippen LogP contribution in [0.2, 0.25) is 0 Å². The minimum absolute atomic E-state index is 0.195. The van der Waals surface area contributed by atoms with E-state index in [4.69, 9.17) is 0 Å². The Hall–Kier alpha value is -1.80. The Morgan fingerprint density at radius 2 is 1.12 bits per heavy atom. The normalized spacial score (nSPS) is 10.8. The molecule has 0 amide bonds. The van der Waals surface area contributed by atoms with Gasteiger partial charge in [-0.1, -0.05) is 20.8 Å². The highest BCUT2D eigenvalue weighted by Gasteiger charge is 2.26. The predicted molar refractivity (Wildman–Crippen MR) is 68.8 cm³/mol.